The molecule has 3 aromatic heterocycles. The second-order valence-corrected chi connectivity index (χ2v) is 10.3. The normalized spacial score (nSPS) is 11.7. The van der Waals surface area contributed by atoms with E-state index in [9.17, 15) is 0 Å². The number of aromatic nitrogens is 1. The van der Waals surface area contributed by atoms with E-state index < -0.39 is 0 Å². The highest BCUT2D eigenvalue weighted by molar-refractivity contribution is 6.08. The summed E-state index contributed by atoms with van der Waals surface area (Å²) in [5.74, 6) is 0.827. The lowest BCUT2D eigenvalue weighted by atomic mass is 9.96. The number of rotatable bonds is 3. The van der Waals surface area contributed by atoms with Crippen LogP contribution < -0.4 is 0 Å². The summed E-state index contributed by atoms with van der Waals surface area (Å²) in [6, 6.07) is 29.5. The zero-order chi connectivity index (χ0) is 26.0. The molecule has 0 spiro atoms. The van der Waals surface area contributed by atoms with Gasteiger partial charge in [0, 0.05) is 44.6 Å². The first-order chi connectivity index (χ1) is 18.5. The SMILES string of the molecule is Cc1cc(C)cc(-c2ncc(-c3ccccc3)c3cc(-c4c(C)cc5c(oc6ccccc65)c4C)oc23)c1. The minimum atomic E-state index is 0.801. The lowest BCUT2D eigenvalue weighted by Gasteiger charge is -2.09. The van der Waals surface area contributed by atoms with Crippen LogP contribution in [-0.4, -0.2) is 4.98 Å². The Kier molecular flexibility index (Phi) is 5.02. The van der Waals surface area contributed by atoms with Crippen molar-refractivity contribution in [1.29, 1.82) is 0 Å². The van der Waals surface area contributed by atoms with E-state index in [1.54, 1.807) is 0 Å². The fourth-order valence-electron chi connectivity index (χ4n) is 5.88. The number of para-hydroxylation sites is 1. The first-order valence-electron chi connectivity index (χ1n) is 13.0. The van der Waals surface area contributed by atoms with E-state index in [1.165, 1.54) is 11.1 Å². The van der Waals surface area contributed by atoms with Gasteiger partial charge in [-0.25, -0.2) is 0 Å². The van der Waals surface area contributed by atoms with Crippen LogP contribution >= 0.6 is 0 Å². The maximum Gasteiger partial charge on any atom is 0.161 e. The highest BCUT2D eigenvalue weighted by Gasteiger charge is 2.22. The van der Waals surface area contributed by atoms with Crippen molar-refractivity contribution in [2.24, 2.45) is 0 Å². The van der Waals surface area contributed by atoms with Gasteiger partial charge < -0.3 is 8.83 Å². The van der Waals surface area contributed by atoms with Gasteiger partial charge in [-0.3, -0.25) is 4.98 Å². The quantitative estimate of drug-likeness (QED) is 0.246. The van der Waals surface area contributed by atoms with E-state index in [-0.39, 0.29) is 0 Å². The molecule has 184 valence electrons. The summed E-state index contributed by atoms with van der Waals surface area (Å²) >= 11 is 0. The monoisotopic (exact) mass is 493 g/mol. The number of nitrogens with zero attached hydrogens (tertiary/aromatic N) is 1. The molecule has 0 amide bonds. The van der Waals surface area contributed by atoms with Crippen molar-refractivity contribution < 1.29 is 8.83 Å². The lowest BCUT2D eigenvalue weighted by Crippen LogP contribution is -1.89. The molecule has 3 heteroatoms. The Labute approximate surface area is 221 Å². The lowest BCUT2D eigenvalue weighted by molar-refractivity contribution is 0.628. The molecule has 0 aliphatic carbocycles. The van der Waals surface area contributed by atoms with E-state index in [0.717, 1.165) is 77.7 Å². The molecule has 0 atom stereocenters. The van der Waals surface area contributed by atoms with Gasteiger partial charge in [0.25, 0.3) is 0 Å². The zero-order valence-electron chi connectivity index (χ0n) is 21.9. The molecule has 0 saturated carbocycles. The molecule has 0 saturated heterocycles. The fourth-order valence-corrected chi connectivity index (χ4v) is 5.88. The number of pyridine rings is 1. The van der Waals surface area contributed by atoms with Crippen LogP contribution in [0.25, 0.3) is 66.6 Å². The third-order valence-corrected chi connectivity index (χ3v) is 7.49. The Morgan fingerprint density at radius 2 is 1.34 bits per heavy atom. The van der Waals surface area contributed by atoms with Crippen LogP contribution in [0.4, 0.5) is 0 Å². The summed E-state index contributed by atoms with van der Waals surface area (Å²) in [5, 5.41) is 3.33. The molecule has 7 aromatic rings. The van der Waals surface area contributed by atoms with Crippen LogP contribution in [0.1, 0.15) is 22.3 Å². The molecule has 0 radical (unpaired) electrons. The number of aryl methyl sites for hydroxylation is 4. The van der Waals surface area contributed by atoms with Crippen molar-refractivity contribution in [3.63, 3.8) is 0 Å². The largest absolute Gasteiger partial charge is 0.456 e. The van der Waals surface area contributed by atoms with Crippen molar-refractivity contribution >= 4 is 32.9 Å². The van der Waals surface area contributed by atoms with Crippen molar-refractivity contribution in [2.45, 2.75) is 27.7 Å². The Balaban J connectivity index is 1.53. The molecule has 0 N–H and O–H groups in total. The summed E-state index contributed by atoms with van der Waals surface area (Å²) in [4.78, 5) is 4.95. The van der Waals surface area contributed by atoms with Gasteiger partial charge in [0.1, 0.15) is 22.6 Å². The molecule has 0 unspecified atom stereocenters. The topological polar surface area (TPSA) is 39.2 Å². The van der Waals surface area contributed by atoms with E-state index in [1.807, 2.05) is 24.4 Å². The van der Waals surface area contributed by atoms with Gasteiger partial charge in [0.2, 0.25) is 0 Å². The predicted octanol–water partition coefficient (Wildman–Crippen LogP) is 9.96. The standard InChI is InChI=1S/C35H27NO2/c1-20-14-21(2)16-25(15-20)33-35-28(29(19-36-33)24-10-6-5-7-11-24)18-31(38-35)32-22(3)17-27-26-12-8-9-13-30(26)37-34(27)23(32)4/h5-19H,1-4H3. The average Bonchev–Trinajstić information content (AvgIpc) is 3.50. The van der Waals surface area contributed by atoms with Crippen LogP contribution in [-0.2, 0) is 0 Å². The maximum atomic E-state index is 6.76. The van der Waals surface area contributed by atoms with Crippen LogP contribution in [0.5, 0.6) is 0 Å². The first kappa shape index (κ1) is 22.6. The van der Waals surface area contributed by atoms with Crippen LogP contribution in [0.3, 0.4) is 0 Å². The number of benzene rings is 4. The van der Waals surface area contributed by atoms with Crippen LogP contribution in [0.15, 0.2) is 100.0 Å². The summed E-state index contributed by atoms with van der Waals surface area (Å²) in [6.45, 7) is 8.52. The van der Waals surface area contributed by atoms with Gasteiger partial charge in [0.15, 0.2) is 5.58 Å². The Hall–Kier alpha value is -4.63. The van der Waals surface area contributed by atoms with Crippen LogP contribution in [0, 0.1) is 27.7 Å². The van der Waals surface area contributed by atoms with Gasteiger partial charge in [-0.15, -0.1) is 0 Å². The van der Waals surface area contributed by atoms with E-state index in [4.69, 9.17) is 13.8 Å². The highest BCUT2D eigenvalue weighted by Crippen LogP contribution is 2.43. The number of furan rings is 2. The fraction of sp³-hybridized carbons (Fsp3) is 0.114. The average molecular weight is 494 g/mol. The summed E-state index contributed by atoms with van der Waals surface area (Å²) in [6.07, 6.45) is 1.98. The second kappa shape index (κ2) is 8.46. The van der Waals surface area contributed by atoms with Gasteiger partial charge in [-0.05, 0) is 69.2 Å². The molecule has 0 bridgehead atoms. The molecule has 7 rings (SSSR count). The van der Waals surface area contributed by atoms with Gasteiger partial charge >= 0.3 is 0 Å². The van der Waals surface area contributed by atoms with Crippen LogP contribution in [0.2, 0.25) is 0 Å². The third kappa shape index (κ3) is 3.47. The summed E-state index contributed by atoms with van der Waals surface area (Å²) < 4.78 is 13.1. The molecule has 3 nitrogen and oxygen atoms in total. The molecule has 3 heterocycles. The molecule has 0 aliphatic heterocycles. The van der Waals surface area contributed by atoms with E-state index in [2.05, 4.69) is 94.4 Å². The Bertz CT molecular complexity index is 1990. The maximum absolute atomic E-state index is 6.76. The molecule has 0 fully saturated rings. The minimum absolute atomic E-state index is 0.801. The highest BCUT2D eigenvalue weighted by atomic mass is 16.3. The van der Waals surface area contributed by atoms with Crippen molar-refractivity contribution in [1.82, 2.24) is 4.98 Å². The number of hydrogen-bond acceptors (Lipinski definition) is 3. The van der Waals surface area contributed by atoms with Gasteiger partial charge in [-0.2, -0.15) is 0 Å². The Morgan fingerprint density at radius 1 is 0.605 bits per heavy atom. The van der Waals surface area contributed by atoms with Crippen molar-refractivity contribution in [3.8, 4) is 33.7 Å². The molecule has 4 aromatic carbocycles. The van der Waals surface area contributed by atoms with Crippen molar-refractivity contribution in [2.75, 3.05) is 0 Å². The summed E-state index contributed by atoms with van der Waals surface area (Å²) in [5.41, 5.74) is 12.4. The van der Waals surface area contributed by atoms with E-state index in [0.29, 0.717) is 0 Å². The summed E-state index contributed by atoms with van der Waals surface area (Å²) in [7, 11) is 0. The number of fused-ring (bicyclic) bond motifs is 4. The third-order valence-electron chi connectivity index (χ3n) is 7.49. The zero-order valence-corrected chi connectivity index (χ0v) is 21.9. The molecule has 0 aliphatic rings. The second-order valence-electron chi connectivity index (χ2n) is 10.3. The Morgan fingerprint density at radius 3 is 2.13 bits per heavy atom. The molecule has 38 heavy (non-hydrogen) atoms. The molecular formula is C35H27NO2. The predicted molar refractivity (Wildman–Crippen MR) is 157 cm³/mol. The first-order valence-corrected chi connectivity index (χ1v) is 13.0. The van der Waals surface area contributed by atoms with Gasteiger partial charge in [-0.1, -0.05) is 65.7 Å². The smallest absolute Gasteiger partial charge is 0.161 e. The number of hydrogen-bond donors (Lipinski definition) is 0. The van der Waals surface area contributed by atoms with Gasteiger partial charge in [0.05, 0.1) is 0 Å². The molecular weight excluding hydrogens is 466 g/mol. The van der Waals surface area contributed by atoms with E-state index >= 15 is 0 Å². The van der Waals surface area contributed by atoms with Crippen molar-refractivity contribution in [3.05, 3.63) is 113 Å². The minimum Gasteiger partial charge on any atom is -0.456 e.